The summed E-state index contributed by atoms with van der Waals surface area (Å²) in [5, 5.41) is 3.80. The Balaban J connectivity index is 2.46. The van der Waals surface area contributed by atoms with Crippen molar-refractivity contribution in [3.63, 3.8) is 0 Å². The number of carbonyl (C=O) groups excluding carboxylic acids is 1. The van der Waals surface area contributed by atoms with E-state index in [9.17, 15) is 9.18 Å². The number of hydrogen-bond acceptors (Lipinski definition) is 2. The van der Waals surface area contributed by atoms with Gasteiger partial charge in [0.1, 0.15) is 0 Å². The summed E-state index contributed by atoms with van der Waals surface area (Å²) in [5.74, 6) is -0.138. The molecule has 2 aromatic rings. The van der Waals surface area contributed by atoms with Crippen molar-refractivity contribution in [2.24, 2.45) is 5.73 Å². The van der Waals surface area contributed by atoms with E-state index in [1.54, 1.807) is 6.20 Å². The monoisotopic (exact) mass is 303 g/mol. The Kier molecular flexibility index (Phi) is 4.66. The molecule has 0 spiro atoms. The number of nitrogens with zero attached hydrogens (tertiary/aromatic N) is 1. The normalized spacial score (nSPS) is 12.7. The Labute approximate surface area is 129 Å². The molecule has 0 atom stereocenters. The number of amides is 1. The van der Waals surface area contributed by atoms with Gasteiger partial charge in [0, 0.05) is 35.7 Å². The van der Waals surface area contributed by atoms with Crippen LogP contribution in [-0.4, -0.2) is 22.6 Å². The summed E-state index contributed by atoms with van der Waals surface area (Å²) in [6, 6.07) is 7.58. The molecule has 0 aliphatic carbocycles. The van der Waals surface area contributed by atoms with E-state index in [0.29, 0.717) is 24.0 Å². The smallest absolute Gasteiger partial charge is 0.253 e. The SMILES string of the molecule is CC(C)(C)NC(=O)c1cn(CC(=CF)CN)c2ccccc12. The fourth-order valence-corrected chi connectivity index (χ4v) is 2.33. The zero-order chi connectivity index (χ0) is 16.3. The van der Waals surface area contributed by atoms with E-state index in [1.165, 1.54) is 0 Å². The number of carbonyl (C=O) groups is 1. The van der Waals surface area contributed by atoms with Gasteiger partial charge < -0.3 is 15.6 Å². The van der Waals surface area contributed by atoms with Gasteiger partial charge in [-0.15, -0.1) is 0 Å². The lowest BCUT2D eigenvalue weighted by Crippen LogP contribution is -2.40. The highest BCUT2D eigenvalue weighted by Gasteiger charge is 2.19. The topological polar surface area (TPSA) is 60.0 Å². The molecular weight excluding hydrogens is 281 g/mol. The van der Waals surface area contributed by atoms with Crippen LogP contribution in [0.1, 0.15) is 31.1 Å². The minimum absolute atomic E-state index is 0.138. The van der Waals surface area contributed by atoms with Crippen molar-refractivity contribution < 1.29 is 9.18 Å². The first-order valence-corrected chi connectivity index (χ1v) is 7.24. The highest BCUT2D eigenvalue weighted by molar-refractivity contribution is 6.07. The van der Waals surface area contributed by atoms with E-state index in [1.807, 2.05) is 49.6 Å². The number of halogens is 1. The van der Waals surface area contributed by atoms with E-state index < -0.39 is 0 Å². The molecule has 3 N–H and O–H groups in total. The van der Waals surface area contributed by atoms with Crippen molar-refractivity contribution in [3.05, 3.63) is 47.9 Å². The van der Waals surface area contributed by atoms with Crippen molar-refractivity contribution in [1.82, 2.24) is 9.88 Å². The average molecular weight is 303 g/mol. The molecule has 0 aliphatic rings. The summed E-state index contributed by atoms with van der Waals surface area (Å²) in [6.45, 7) is 6.27. The zero-order valence-electron chi connectivity index (χ0n) is 13.2. The zero-order valence-corrected chi connectivity index (χ0v) is 13.2. The third-order valence-corrected chi connectivity index (χ3v) is 3.31. The molecule has 2 rings (SSSR count). The largest absolute Gasteiger partial charge is 0.347 e. The number of aromatic nitrogens is 1. The van der Waals surface area contributed by atoms with Gasteiger partial charge in [-0.05, 0) is 32.4 Å². The van der Waals surface area contributed by atoms with Crippen LogP contribution in [0.5, 0.6) is 0 Å². The lowest BCUT2D eigenvalue weighted by atomic mass is 10.1. The second-order valence-electron chi connectivity index (χ2n) is 6.36. The maximum atomic E-state index is 12.8. The van der Waals surface area contributed by atoms with Crippen LogP contribution in [0.25, 0.3) is 10.9 Å². The lowest BCUT2D eigenvalue weighted by molar-refractivity contribution is 0.0921. The van der Waals surface area contributed by atoms with E-state index in [0.717, 1.165) is 10.9 Å². The molecular formula is C17H22FN3O. The molecule has 1 aromatic heterocycles. The minimum atomic E-state index is -0.318. The molecule has 0 unspecified atom stereocenters. The minimum Gasteiger partial charge on any atom is -0.347 e. The number of nitrogens with two attached hydrogens (primary N) is 1. The molecule has 0 bridgehead atoms. The van der Waals surface area contributed by atoms with Crippen LogP contribution >= 0.6 is 0 Å². The fourth-order valence-electron chi connectivity index (χ4n) is 2.33. The Hall–Kier alpha value is -2.14. The van der Waals surface area contributed by atoms with E-state index >= 15 is 0 Å². The van der Waals surface area contributed by atoms with Crippen molar-refractivity contribution >= 4 is 16.8 Å². The summed E-state index contributed by atoms with van der Waals surface area (Å²) in [5.41, 5.74) is 7.15. The maximum absolute atomic E-state index is 12.8. The molecule has 0 aliphatic heterocycles. The van der Waals surface area contributed by atoms with Crippen molar-refractivity contribution in [1.29, 1.82) is 0 Å². The lowest BCUT2D eigenvalue weighted by Gasteiger charge is -2.20. The van der Waals surface area contributed by atoms with Crippen molar-refractivity contribution in [3.8, 4) is 0 Å². The van der Waals surface area contributed by atoms with Gasteiger partial charge in [-0.2, -0.15) is 0 Å². The first kappa shape index (κ1) is 16.2. The van der Waals surface area contributed by atoms with Gasteiger partial charge >= 0.3 is 0 Å². The second kappa shape index (κ2) is 6.32. The predicted molar refractivity (Wildman–Crippen MR) is 87.4 cm³/mol. The molecule has 1 aromatic carbocycles. The summed E-state index contributed by atoms with van der Waals surface area (Å²) in [4.78, 5) is 12.5. The first-order valence-electron chi connectivity index (χ1n) is 7.24. The predicted octanol–water partition coefficient (Wildman–Crippen LogP) is 2.98. The number of fused-ring (bicyclic) bond motifs is 1. The van der Waals surface area contributed by atoms with Gasteiger partial charge in [0.15, 0.2) is 0 Å². The van der Waals surface area contributed by atoms with Crippen LogP contribution in [0.4, 0.5) is 4.39 Å². The van der Waals surface area contributed by atoms with Crippen LogP contribution in [0.2, 0.25) is 0 Å². The molecule has 0 radical (unpaired) electrons. The van der Waals surface area contributed by atoms with Gasteiger partial charge in [0.05, 0.1) is 11.9 Å². The van der Waals surface area contributed by atoms with E-state index in [-0.39, 0.29) is 18.0 Å². The van der Waals surface area contributed by atoms with Gasteiger partial charge in [-0.25, -0.2) is 4.39 Å². The molecule has 118 valence electrons. The molecule has 4 nitrogen and oxygen atoms in total. The first-order chi connectivity index (χ1) is 10.4. The Morgan fingerprint density at radius 3 is 2.64 bits per heavy atom. The van der Waals surface area contributed by atoms with Crippen LogP contribution in [0.3, 0.4) is 0 Å². The van der Waals surface area contributed by atoms with Gasteiger partial charge in [-0.3, -0.25) is 4.79 Å². The Morgan fingerprint density at radius 2 is 2.05 bits per heavy atom. The fraction of sp³-hybridized carbons (Fsp3) is 0.353. The summed E-state index contributed by atoms with van der Waals surface area (Å²) in [6.07, 6.45) is 2.29. The number of rotatable bonds is 4. The third-order valence-electron chi connectivity index (χ3n) is 3.31. The molecule has 0 saturated carbocycles. The van der Waals surface area contributed by atoms with Gasteiger partial charge in [0.25, 0.3) is 5.91 Å². The highest BCUT2D eigenvalue weighted by Crippen LogP contribution is 2.23. The van der Waals surface area contributed by atoms with Gasteiger partial charge in [-0.1, -0.05) is 18.2 Å². The molecule has 5 heteroatoms. The van der Waals surface area contributed by atoms with Crippen LogP contribution in [0, 0.1) is 0 Å². The summed E-state index contributed by atoms with van der Waals surface area (Å²) >= 11 is 0. The standard InChI is InChI=1S/C17H22FN3O/c1-17(2,3)20-16(22)14-11-21(10-12(8-18)9-19)15-7-5-4-6-13(14)15/h4-8,11H,9-10,19H2,1-3H3,(H,20,22). The van der Waals surface area contributed by atoms with Crippen LogP contribution in [0.15, 0.2) is 42.4 Å². The van der Waals surface area contributed by atoms with Gasteiger partial charge in [0.2, 0.25) is 0 Å². The average Bonchev–Trinajstić information content (AvgIpc) is 2.82. The van der Waals surface area contributed by atoms with Crippen LogP contribution < -0.4 is 11.1 Å². The molecule has 22 heavy (non-hydrogen) atoms. The second-order valence-corrected chi connectivity index (χ2v) is 6.36. The Morgan fingerprint density at radius 1 is 1.36 bits per heavy atom. The molecule has 0 saturated heterocycles. The van der Waals surface area contributed by atoms with Crippen molar-refractivity contribution in [2.45, 2.75) is 32.9 Å². The number of hydrogen-bond donors (Lipinski definition) is 2. The van der Waals surface area contributed by atoms with E-state index in [2.05, 4.69) is 5.32 Å². The number of benzene rings is 1. The number of para-hydroxylation sites is 1. The number of nitrogens with one attached hydrogen (secondary N) is 1. The summed E-state index contributed by atoms with van der Waals surface area (Å²) < 4.78 is 14.6. The summed E-state index contributed by atoms with van der Waals surface area (Å²) in [7, 11) is 0. The van der Waals surface area contributed by atoms with E-state index in [4.69, 9.17) is 5.73 Å². The molecule has 0 fully saturated rings. The third kappa shape index (κ3) is 3.54. The molecule has 1 amide bonds. The van der Waals surface area contributed by atoms with Crippen molar-refractivity contribution in [2.75, 3.05) is 6.54 Å². The quantitative estimate of drug-likeness (QED) is 0.912. The highest BCUT2D eigenvalue weighted by atomic mass is 19.1. The van der Waals surface area contributed by atoms with Crippen LogP contribution in [-0.2, 0) is 6.54 Å². The molecule has 1 heterocycles. The Bertz CT molecular complexity index is 710. The maximum Gasteiger partial charge on any atom is 0.253 e.